The fourth-order valence-corrected chi connectivity index (χ4v) is 4.83. The summed E-state index contributed by atoms with van der Waals surface area (Å²) in [6.45, 7) is 3.74. The van der Waals surface area contributed by atoms with Crippen molar-refractivity contribution in [1.29, 1.82) is 0 Å². The highest BCUT2D eigenvalue weighted by molar-refractivity contribution is 5.98. The van der Waals surface area contributed by atoms with Crippen LogP contribution in [0.15, 0.2) is 54.9 Å². The Morgan fingerprint density at radius 3 is 2.67 bits per heavy atom. The number of ether oxygens (including phenoxy) is 1. The molecule has 5 aromatic rings. The number of nitrogens with zero attached hydrogens (tertiary/aromatic N) is 5. The Labute approximate surface area is 204 Å². The van der Waals surface area contributed by atoms with Crippen molar-refractivity contribution < 1.29 is 17.9 Å². The first-order chi connectivity index (χ1) is 17.3. The third kappa shape index (κ3) is 3.78. The number of aromatic amines is 1. The zero-order chi connectivity index (χ0) is 25.0. The maximum absolute atomic E-state index is 13.7. The van der Waals surface area contributed by atoms with Gasteiger partial charge in [0.05, 0.1) is 36.0 Å². The molecule has 1 fully saturated rings. The van der Waals surface area contributed by atoms with E-state index in [1.165, 1.54) is 0 Å². The van der Waals surface area contributed by atoms with Crippen molar-refractivity contribution >= 4 is 27.6 Å². The lowest BCUT2D eigenvalue weighted by molar-refractivity contribution is -0.137. The van der Waals surface area contributed by atoms with Gasteiger partial charge in [0.15, 0.2) is 5.82 Å². The molecule has 0 spiro atoms. The maximum atomic E-state index is 13.7. The Hall–Kier alpha value is -3.92. The number of morpholine rings is 1. The predicted molar refractivity (Wildman–Crippen MR) is 132 cm³/mol. The second-order valence-corrected chi connectivity index (χ2v) is 9.02. The van der Waals surface area contributed by atoms with Gasteiger partial charge in [-0.25, -0.2) is 9.97 Å². The molecular weight excluding hydrogens is 469 g/mol. The van der Waals surface area contributed by atoms with Gasteiger partial charge in [0.2, 0.25) is 0 Å². The van der Waals surface area contributed by atoms with Crippen molar-refractivity contribution in [2.75, 3.05) is 24.7 Å². The first kappa shape index (κ1) is 22.5. The van der Waals surface area contributed by atoms with Gasteiger partial charge in [0.25, 0.3) is 0 Å². The average Bonchev–Trinajstić information content (AvgIpc) is 3.51. The summed E-state index contributed by atoms with van der Waals surface area (Å²) < 4.78 is 48.6. The van der Waals surface area contributed by atoms with Crippen LogP contribution >= 0.6 is 0 Å². The number of nitrogens with one attached hydrogen (secondary N) is 1. The summed E-state index contributed by atoms with van der Waals surface area (Å²) in [6.07, 6.45) is -1.13. The summed E-state index contributed by atoms with van der Waals surface area (Å²) in [6, 6.07) is 11.8. The van der Waals surface area contributed by atoms with Crippen LogP contribution in [0.5, 0.6) is 0 Å². The summed E-state index contributed by atoms with van der Waals surface area (Å²) >= 11 is 0. The molecule has 0 aliphatic carbocycles. The number of hydrogen-bond acceptors (Lipinski definition) is 5. The van der Waals surface area contributed by atoms with Gasteiger partial charge in [0, 0.05) is 53.4 Å². The molecule has 7 nitrogen and oxygen atoms in total. The molecule has 1 aliphatic rings. The Bertz CT molecular complexity index is 1590. The van der Waals surface area contributed by atoms with Crippen LogP contribution in [0.3, 0.4) is 0 Å². The number of benzene rings is 2. The molecule has 36 heavy (non-hydrogen) atoms. The van der Waals surface area contributed by atoms with Crippen molar-refractivity contribution in [3.05, 3.63) is 60.4 Å². The largest absolute Gasteiger partial charge is 0.416 e. The number of aryl methyl sites for hydroxylation is 1. The smallest absolute Gasteiger partial charge is 0.377 e. The van der Waals surface area contributed by atoms with Crippen LogP contribution < -0.4 is 4.90 Å². The number of fused-ring (bicyclic) bond motifs is 2. The van der Waals surface area contributed by atoms with Gasteiger partial charge < -0.3 is 14.6 Å². The van der Waals surface area contributed by atoms with Crippen molar-refractivity contribution in [3.63, 3.8) is 0 Å². The monoisotopic (exact) mass is 492 g/mol. The maximum Gasteiger partial charge on any atom is 0.416 e. The van der Waals surface area contributed by atoms with Crippen molar-refractivity contribution in [2.45, 2.75) is 19.1 Å². The minimum absolute atomic E-state index is 0.0406. The molecule has 1 aliphatic heterocycles. The first-order valence-corrected chi connectivity index (χ1v) is 11.6. The third-order valence-corrected chi connectivity index (χ3v) is 6.67. The van der Waals surface area contributed by atoms with E-state index in [9.17, 15) is 13.2 Å². The van der Waals surface area contributed by atoms with Crippen LogP contribution in [0.25, 0.3) is 44.5 Å². The number of H-pyrrole nitrogens is 1. The average molecular weight is 493 g/mol. The van der Waals surface area contributed by atoms with E-state index in [1.54, 1.807) is 23.1 Å². The molecule has 10 heteroatoms. The Morgan fingerprint density at radius 1 is 1.06 bits per heavy atom. The summed E-state index contributed by atoms with van der Waals surface area (Å²) in [5, 5.41) is 5.72. The van der Waals surface area contributed by atoms with Gasteiger partial charge >= 0.3 is 6.18 Å². The first-order valence-electron chi connectivity index (χ1n) is 11.6. The lowest BCUT2D eigenvalue weighted by atomic mass is 10.0. The number of rotatable bonds is 3. The van der Waals surface area contributed by atoms with Crippen LogP contribution in [0.1, 0.15) is 12.5 Å². The van der Waals surface area contributed by atoms with Gasteiger partial charge in [-0.1, -0.05) is 6.07 Å². The highest BCUT2D eigenvalue weighted by Gasteiger charge is 2.32. The van der Waals surface area contributed by atoms with Gasteiger partial charge in [-0.2, -0.15) is 18.3 Å². The van der Waals surface area contributed by atoms with Gasteiger partial charge in [0.1, 0.15) is 5.82 Å². The van der Waals surface area contributed by atoms with E-state index in [-0.39, 0.29) is 11.9 Å². The van der Waals surface area contributed by atoms with Crippen molar-refractivity contribution in [1.82, 2.24) is 24.7 Å². The van der Waals surface area contributed by atoms with Crippen LogP contribution in [0, 0.1) is 0 Å². The van der Waals surface area contributed by atoms with Crippen LogP contribution in [-0.2, 0) is 18.0 Å². The number of hydrogen-bond donors (Lipinski definition) is 1. The standard InChI is InChI=1S/C26H23F3N6O/c1-15-14-36-10-9-35(15)25-20-11-16(23-6-8-31-34(23)2)3-4-21(20)32-24(33-25)19-12-17(26(27,28)29)13-22-18(19)5-7-30-22/h3-8,11-13,15,30H,9-10,14H2,1-2H3/t15-/m1/s1. The molecule has 2 aromatic carbocycles. The number of halogens is 3. The Kier molecular flexibility index (Phi) is 5.22. The number of alkyl halides is 3. The zero-order valence-corrected chi connectivity index (χ0v) is 19.7. The van der Waals surface area contributed by atoms with Gasteiger partial charge in [-0.3, -0.25) is 4.68 Å². The molecule has 0 unspecified atom stereocenters. The van der Waals surface area contributed by atoms with Gasteiger partial charge in [-0.05, 0) is 43.3 Å². The molecule has 0 radical (unpaired) electrons. The van der Waals surface area contributed by atoms with E-state index in [0.717, 1.165) is 28.8 Å². The Morgan fingerprint density at radius 2 is 1.92 bits per heavy atom. The normalized spacial score (nSPS) is 16.8. The molecule has 4 heterocycles. The SMILES string of the molecule is C[C@@H]1COCCN1c1nc(-c2cc(C(F)(F)F)cc3[nH]ccc23)nc2ccc(-c3ccnn3C)cc12. The molecule has 1 saturated heterocycles. The summed E-state index contributed by atoms with van der Waals surface area (Å²) in [5.41, 5.74) is 2.52. The number of aromatic nitrogens is 5. The van der Waals surface area contributed by atoms with E-state index in [0.29, 0.717) is 47.6 Å². The van der Waals surface area contributed by atoms with E-state index in [2.05, 4.69) is 15.0 Å². The topological polar surface area (TPSA) is 71.9 Å². The second kappa shape index (κ2) is 8.34. The molecule has 0 saturated carbocycles. The third-order valence-electron chi connectivity index (χ3n) is 6.67. The van der Waals surface area contributed by atoms with Gasteiger partial charge in [-0.15, -0.1) is 0 Å². The lowest BCUT2D eigenvalue weighted by Crippen LogP contribution is -2.44. The molecule has 6 rings (SSSR count). The fourth-order valence-electron chi connectivity index (χ4n) is 4.83. The van der Waals surface area contributed by atoms with Crippen LogP contribution in [-0.4, -0.2) is 50.5 Å². The highest BCUT2D eigenvalue weighted by Crippen LogP contribution is 2.38. The summed E-state index contributed by atoms with van der Waals surface area (Å²) in [4.78, 5) is 14.7. The molecule has 1 N–H and O–H groups in total. The van der Waals surface area contributed by atoms with E-state index in [1.807, 2.05) is 38.2 Å². The predicted octanol–water partition coefficient (Wildman–Crippen LogP) is 5.42. The number of anilines is 1. The fraction of sp³-hybridized carbons (Fsp3) is 0.269. The van der Waals surface area contributed by atoms with Crippen molar-refractivity contribution in [3.8, 4) is 22.6 Å². The molecular formula is C26H23F3N6O. The molecule has 1 atom stereocenters. The molecule has 0 bridgehead atoms. The lowest BCUT2D eigenvalue weighted by Gasteiger charge is -2.35. The van der Waals surface area contributed by atoms with Crippen LogP contribution in [0.4, 0.5) is 19.0 Å². The quantitative estimate of drug-likeness (QED) is 0.364. The molecule has 184 valence electrons. The summed E-state index contributed by atoms with van der Waals surface area (Å²) in [7, 11) is 1.87. The van der Waals surface area contributed by atoms with E-state index >= 15 is 0 Å². The molecule has 0 amide bonds. The van der Waals surface area contributed by atoms with Crippen molar-refractivity contribution in [2.24, 2.45) is 7.05 Å². The minimum atomic E-state index is -4.50. The summed E-state index contributed by atoms with van der Waals surface area (Å²) in [5.74, 6) is 0.927. The van der Waals surface area contributed by atoms with E-state index < -0.39 is 11.7 Å². The Balaban J connectivity index is 1.61. The highest BCUT2D eigenvalue weighted by atomic mass is 19.4. The second-order valence-electron chi connectivity index (χ2n) is 9.02. The van der Waals surface area contributed by atoms with Crippen LogP contribution in [0.2, 0.25) is 0 Å². The minimum Gasteiger partial charge on any atom is -0.377 e. The zero-order valence-electron chi connectivity index (χ0n) is 19.7. The van der Waals surface area contributed by atoms with E-state index in [4.69, 9.17) is 14.7 Å². The molecule has 3 aromatic heterocycles.